The van der Waals surface area contributed by atoms with Crippen molar-refractivity contribution in [3.8, 4) is 0 Å². The van der Waals surface area contributed by atoms with Crippen molar-refractivity contribution >= 4 is 34.8 Å². The van der Waals surface area contributed by atoms with Crippen LogP contribution in [0.15, 0.2) is 5.34 Å². The van der Waals surface area contributed by atoms with Crippen LogP contribution in [0.1, 0.15) is 0 Å². The zero-order valence-corrected chi connectivity index (χ0v) is 5.57. The van der Waals surface area contributed by atoms with E-state index in [0.29, 0.717) is 0 Å². The average Bonchev–Trinajstić information content (AvgIpc) is 1.59. The Labute approximate surface area is 59.5 Å². The number of nitrogens with zero attached hydrogens (tertiary/aromatic N) is 1. The second-order valence-corrected chi connectivity index (χ2v) is 2.86. The second kappa shape index (κ2) is 3.29. The summed E-state index contributed by atoms with van der Waals surface area (Å²) in [5.41, 5.74) is 0. The first-order valence-electron chi connectivity index (χ1n) is 1.30. The van der Waals surface area contributed by atoms with Crippen LogP contribution in [0.4, 0.5) is 0 Å². The minimum Gasteiger partial charge on any atom is -0.176 e. The maximum atomic E-state index is 9.08. The molecular weight excluding hydrogens is 180 g/mol. The maximum absolute atomic E-state index is 9.08. The third-order valence-electron chi connectivity index (χ3n) is 0.162. The summed E-state index contributed by atoms with van der Waals surface area (Å²) in [5, 5.41) is 1.80. The molecule has 0 N–H and O–H groups in total. The molecule has 48 valence electrons. The Kier molecular flexibility index (Phi) is 3.39. The molecule has 0 aromatic heterocycles. The number of halogens is 3. The van der Waals surface area contributed by atoms with Gasteiger partial charge in [0.1, 0.15) is 0 Å². The predicted molar refractivity (Wildman–Crippen MR) is 28.3 cm³/mol. The van der Waals surface area contributed by atoms with Crippen molar-refractivity contribution in [1.82, 2.24) is 0 Å². The van der Waals surface area contributed by atoms with E-state index in [-0.39, 0.29) is 0 Å². The first-order chi connectivity index (χ1) is 3.56. The fourth-order valence-corrected chi connectivity index (χ4v) is 0.142. The van der Waals surface area contributed by atoms with Crippen LogP contribution in [0.2, 0.25) is 0 Å². The third kappa shape index (κ3) is 6.23. The molecule has 0 aliphatic carbocycles. The Balaban J connectivity index is 3.24. The van der Waals surface area contributed by atoms with E-state index in [9.17, 15) is 0 Å². The van der Waals surface area contributed by atoms with Crippen molar-refractivity contribution in [2.75, 3.05) is 0 Å². The van der Waals surface area contributed by atoms with Crippen LogP contribution in [0, 0.1) is 4.91 Å². The highest BCUT2D eigenvalue weighted by Crippen LogP contribution is 2.27. The first kappa shape index (κ1) is 8.23. The van der Waals surface area contributed by atoms with Gasteiger partial charge in [0.15, 0.2) is 5.34 Å². The summed E-state index contributed by atoms with van der Waals surface area (Å²) in [5.74, 6) is 0. The molecule has 0 radical (unpaired) electrons. The molecular formula is CCl3NO3. The molecule has 4 nitrogen and oxygen atoms in total. The molecule has 0 saturated carbocycles. The molecule has 0 aromatic carbocycles. The molecule has 0 bridgehead atoms. The van der Waals surface area contributed by atoms with Crippen LogP contribution < -0.4 is 0 Å². The van der Waals surface area contributed by atoms with E-state index >= 15 is 0 Å². The summed E-state index contributed by atoms with van der Waals surface area (Å²) in [6.45, 7) is 0. The van der Waals surface area contributed by atoms with Gasteiger partial charge in [-0.1, -0.05) is 0 Å². The Morgan fingerprint density at radius 3 is 2.00 bits per heavy atom. The summed E-state index contributed by atoms with van der Waals surface area (Å²) in [7, 11) is 0. The van der Waals surface area contributed by atoms with Crippen molar-refractivity contribution in [3.63, 3.8) is 0 Å². The fraction of sp³-hybridized carbons (Fsp3) is 1.00. The Morgan fingerprint density at radius 2 is 1.88 bits per heavy atom. The molecule has 0 saturated heterocycles. The molecule has 0 aromatic rings. The molecule has 0 heterocycles. The molecule has 7 heteroatoms. The summed E-state index contributed by atoms with van der Waals surface area (Å²) >= 11 is 14.7. The van der Waals surface area contributed by atoms with E-state index in [1.807, 2.05) is 0 Å². The van der Waals surface area contributed by atoms with Crippen LogP contribution >= 0.6 is 34.8 Å². The van der Waals surface area contributed by atoms with Gasteiger partial charge in [-0.15, -0.1) is 9.79 Å². The summed E-state index contributed by atoms with van der Waals surface area (Å²) in [4.78, 5) is 16.1. The van der Waals surface area contributed by atoms with Gasteiger partial charge in [0.25, 0.3) is 0 Å². The molecule has 0 fully saturated rings. The minimum absolute atomic E-state index is 1.80. The topological polar surface area (TPSA) is 47.9 Å². The Bertz CT molecular complexity index is 79.1. The zero-order chi connectivity index (χ0) is 6.62. The monoisotopic (exact) mass is 179 g/mol. The molecule has 0 aliphatic heterocycles. The molecule has 0 atom stereocenters. The van der Waals surface area contributed by atoms with Crippen molar-refractivity contribution < 1.29 is 9.88 Å². The van der Waals surface area contributed by atoms with Gasteiger partial charge in [-0.05, 0) is 34.8 Å². The van der Waals surface area contributed by atoms with Crippen molar-refractivity contribution in [3.05, 3.63) is 4.91 Å². The van der Waals surface area contributed by atoms with E-state index in [2.05, 4.69) is 9.88 Å². The standard InChI is InChI=1S/CCl3NO3/c2-1(3,4)7-8-5-6. The van der Waals surface area contributed by atoms with Gasteiger partial charge in [0.05, 0.1) is 0 Å². The molecule has 0 rings (SSSR count). The summed E-state index contributed by atoms with van der Waals surface area (Å²) < 4.78 is -2.05. The Hall–Kier alpha value is 0.230. The van der Waals surface area contributed by atoms with Gasteiger partial charge < -0.3 is 0 Å². The number of hydrogen-bond acceptors (Lipinski definition) is 4. The molecule has 0 unspecified atom stereocenters. The van der Waals surface area contributed by atoms with Crippen LogP contribution in [-0.2, 0) is 9.88 Å². The van der Waals surface area contributed by atoms with Crippen molar-refractivity contribution in [2.45, 2.75) is 3.98 Å². The lowest BCUT2D eigenvalue weighted by atomic mass is 11.6. The quantitative estimate of drug-likeness (QED) is 0.282. The normalized spacial score (nSPS) is 10.9. The Morgan fingerprint density at radius 1 is 1.38 bits per heavy atom. The van der Waals surface area contributed by atoms with E-state index in [0.717, 1.165) is 0 Å². The lowest BCUT2D eigenvalue weighted by Gasteiger charge is -2.03. The number of rotatable bonds is 2. The highest BCUT2D eigenvalue weighted by molar-refractivity contribution is 6.66. The van der Waals surface area contributed by atoms with E-state index < -0.39 is 3.98 Å². The zero-order valence-electron chi connectivity index (χ0n) is 3.31. The molecule has 8 heavy (non-hydrogen) atoms. The third-order valence-corrected chi connectivity index (χ3v) is 0.351. The highest BCUT2D eigenvalue weighted by Gasteiger charge is 2.22. The first-order valence-corrected chi connectivity index (χ1v) is 2.44. The van der Waals surface area contributed by atoms with Gasteiger partial charge in [-0.3, -0.25) is 0 Å². The van der Waals surface area contributed by atoms with Crippen molar-refractivity contribution in [2.24, 2.45) is 5.34 Å². The second-order valence-electron chi connectivity index (χ2n) is 0.678. The maximum Gasteiger partial charge on any atom is 0.340 e. The fourth-order valence-electron chi connectivity index (χ4n) is 0.0575. The summed E-state index contributed by atoms with van der Waals surface area (Å²) in [6.07, 6.45) is 0. The van der Waals surface area contributed by atoms with Crippen LogP contribution in [0.25, 0.3) is 0 Å². The number of alkyl halides is 3. The van der Waals surface area contributed by atoms with Gasteiger partial charge in [-0.25, -0.2) is 0 Å². The molecule has 0 amide bonds. The lowest BCUT2D eigenvalue weighted by Crippen LogP contribution is -2.06. The minimum atomic E-state index is -2.05. The van der Waals surface area contributed by atoms with Gasteiger partial charge in [0, 0.05) is 0 Å². The van der Waals surface area contributed by atoms with Gasteiger partial charge >= 0.3 is 3.98 Å². The largest absolute Gasteiger partial charge is 0.340 e. The average molecular weight is 180 g/mol. The van der Waals surface area contributed by atoms with E-state index in [1.165, 1.54) is 0 Å². The smallest absolute Gasteiger partial charge is 0.176 e. The predicted octanol–water partition coefficient (Wildman–Crippen LogP) is 1.94. The van der Waals surface area contributed by atoms with Gasteiger partial charge in [0.2, 0.25) is 0 Å². The van der Waals surface area contributed by atoms with E-state index in [4.69, 9.17) is 39.7 Å². The SMILES string of the molecule is O=NOOC(Cl)(Cl)Cl. The summed E-state index contributed by atoms with van der Waals surface area (Å²) in [6, 6.07) is 0. The molecule has 0 spiro atoms. The molecule has 0 aliphatic rings. The lowest BCUT2D eigenvalue weighted by molar-refractivity contribution is -0.303. The van der Waals surface area contributed by atoms with Gasteiger partial charge in [-0.2, -0.15) is 4.99 Å². The number of hydrogen-bond donors (Lipinski definition) is 0. The van der Waals surface area contributed by atoms with Crippen molar-refractivity contribution in [1.29, 1.82) is 0 Å². The van der Waals surface area contributed by atoms with Crippen LogP contribution in [0.3, 0.4) is 0 Å². The van der Waals surface area contributed by atoms with Crippen LogP contribution in [-0.4, -0.2) is 3.98 Å². The highest BCUT2D eigenvalue weighted by atomic mass is 35.6. The van der Waals surface area contributed by atoms with E-state index in [1.54, 1.807) is 5.34 Å². The van der Waals surface area contributed by atoms with Crippen LogP contribution in [0.5, 0.6) is 0 Å².